The fourth-order valence-corrected chi connectivity index (χ4v) is 9.49. The predicted octanol–water partition coefficient (Wildman–Crippen LogP) is 3.72. The maximum absolute atomic E-state index is 17.7. The average molecular weight is 560 g/mol. The molecular formula is C31H39F2NO6. The van der Waals surface area contributed by atoms with Crippen molar-refractivity contribution in [1.29, 1.82) is 0 Å². The quantitative estimate of drug-likeness (QED) is 0.512. The van der Waals surface area contributed by atoms with E-state index in [4.69, 9.17) is 9.57 Å². The van der Waals surface area contributed by atoms with Crippen molar-refractivity contribution in [3.05, 3.63) is 47.8 Å². The second-order valence-corrected chi connectivity index (χ2v) is 13.2. The van der Waals surface area contributed by atoms with Crippen molar-refractivity contribution in [2.24, 2.45) is 28.1 Å². The minimum absolute atomic E-state index is 0.0645. The van der Waals surface area contributed by atoms with Crippen LogP contribution in [0.5, 0.6) is 0 Å². The summed E-state index contributed by atoms with van der Waals surface area (Å²) in [5, 5.41) is 23.5. The molecule has 0 radical (unpaired) electrons. The Morgan fingerprint density at radius 3 is 2.70 bits per heavy atom. The Hall–Kier alpha value is -2.20. The highest BCUT2D eigenvalue weighted by Crippen LogP contribution is 2.77. The number of Topliss-reactive ketones (excluding diaryl/α,β-unsaturated/α-hetero) is 1. The van der Waals surface area contributed by atoms with Crippen molar-refractivity contribution in [3.8, 4) is 0 Å². The van der Waals surface area contributed by atoms with Gasteiger partial charge in [0, 0.05) is 29.2 Å². The minimum Gasteiger partial charge on any atom is -0.493 e. The molecule has 5 aliphatic carbocycles. The summed E-state index contributed by atoms with van der Waals surface area (Å²) in [7, 11) is 0. The van der Waals surface area contributed by atoms with Crippen molar-refractivity contribution >= 4 is 11.6 Å². The molecular weight excluding hydrogens is 520 g/mol. The minimum atomic E-state index is -2.26. The van der Waals surface area contributed by atoms with Crippen LogP contribution in [0.3, 0.4) is 0 Å². The molecule has 4 fully saturated rings. The smallest absolute Gasteiger partial charge is 0.192 e. The van der Waals surface area contributed by atoms with Gasteiger partial charge in [-0.2, -0.15) is 5.06 Å². The molecule has 0 spiro atoms. The molecule has 0 aromatic carbocycles. The fraction of sp³-hybridized carbons (Fsp3) is 0.677. The van der Waals surface area contributed by atoms with Gasteiger partial charge >= 0.3 is 0 Å². The zero-order valence-electron chi connectivity index (χ0n) is 23.4. The van der Waals surface area contributed by atoms with Crippen molar-refractivity contribution in [2.75, 3.05) is 26.3 Å². The van der Waals surface area contributed by atoms with Gasteiger partial charge in [-0.1, -0.05) is 26.0 Å². The summed E-state index contributed by atoms with van der Waals surface area (Å²) >= 11 is 0. The number of nitrogens with zero attached hydrogens (tertiary/aromatic N) is 1. The van der Waals surface area contributed by atoms with Crippen LogP contribution in [0.2, 0.25) is 0 Å². The molecule has 9 atom stereocenters. The number of hydrogen-bond donors (Lipinski definition) is 2. The number of ketones is 2. The Labute approximate surface area is 233 Å². The molecule has 0 aromatic rings. The number of alkyl halides is 2. The van der Waals surface area contributed by atoms with Crippen LogP contribution in [0.4, 0.5) is 8.78 Å². The number of hydroxylamine groups is 2. The van der Waals surface area contributed by atoms with Crippen molar-refractivity contribution < 1.29 is 38.2 Å². The lowest BCUT2D eigenvalue weighted by Gasteiger charge is -2.67. The Morgan fingerprint density at radius 1 is 1.23 bits per heavy atom. The largest absolute Gasteiger partial charge is 0.493 e. The Kier molecular flexibility index (Phi) is 6.39. The number of halogens is 2. The molecule has 0 unspecified atom stereocenters. The molecule has 0 amide bonds. The maximum Gasteiger partial charge on any atom is 0.192 e. The third-order valence-corrected chi connectivity index (χ3v) is 11.6. The molecule has 0 aromatic heterocycles. The number of allylic oxidation sites excluding steroid dienone is 7. The number of aliphatic hydroxyl groups is 2. The number of aliphatic hydroxyl groups excluding tert-OH is 2. The second-order valence-electron chi connectivity index (χ2n) is 13.2. The van der Waals surface area contributed by atoms with Gasteiger partial charge in [0.25, 0.3) is 0 Å². The molecule has 7 nitrogen and oxygen atoms in total. The van der Waals surface area contributed by atoms with Crippen LogP contribution in [0.25, 0.3) is 0 Å². The number of ether oxygens (including phenoxy) is 1. The van der Waals surface area contributed by atoms with Crippen LogP contribution in [-0.4, -0.2) is 76.7 Å². The summed E-state index contributed by atoms with van der Waals surface area (Å²) in [5.41, 5.74) is -7.24. The SMILES string of the molecule is C[C@]12C[C@H](O)[C@@]3(F)[C@@H](C[C@H](F)C4=CC(=O)C=C[C@@]43C)[C@]1(C)C[C@H]1CN(CCOC3=CCCC=C3)O[C@]12C(=O)CO. The second kappa shape index (κ2) is 9.15. The van der Waals surface area contributed by atoms with Crippen LogP contribution < -0.4 is 0 Å². The normalized spacial score (nSPS) is 47.6. The van der Waals surface area contributed by atoms with Crippen LogP contribution in [-0.2, 0) is 19.2 Å². The molecule has 9 heteroatoms. The molecule has 1 saturated heterocycles. The number of hydrogen-bond acceptors (Lipinski definition) is 7. The number of fused-ring (bicyclic) bond motifs is 7. The Balaban J connectivity index is 1.35. The maximum atomic E-state index is 17.7. The summed E-state index contributed by atoms with van der Waals surface area (Å²) in [4.78, 5) is 32.3. The number of carbonyl (C=O) groups excluding carboxylic acids is 2. The highest BCUT2D eigenvalue weighted by atomic mass is 19.1. The van der Waals surface area contributed by atoms with Gasteiger partial charge in [-0.3, -0.25) is 14.4 Å². The van der Waals surface area contributed by atoms with Gasteiger partial charge in [0.1, 0.15) is 25.1 Å². The summed E-state index contributed by atoms with van der Waals surface area (Å²) in [6.45, 7) is 5.62. The van der Waals surface area contributed by atoms with E-state index in [-0.39, 0.29) is 18.4 Å². The van der Waals surface area contributed by atoms with Gasteiger partial charge in [-0.25, -0.2) is 8.78 Å². The topological polar surface area (TPSA) is 96.3 Å². The first-order valence-electron chi connectivity index (χ1n) is 14.4. The van der Waals surface area contributed by atoms with E-state index in [9.17, 15) is 19.8 Å². The van der Waals surface area contributed by atoms with E-state index in [2.05, 4.69) is 6.08 Å². The van der Waals surface area contributed by atoms with Gasteiger partial charge in [-0.05, 0) is 74.3 Å². The van der Waals surface area contributed by atoms with Crippen LogP contribution in [0.15, 0.2) is 47.8 Å². The van der Waals surface area contributed by atoms with Crippen LogP contribution >= 0.6 is 0 Å². The Bertz CT molecular complexity index is 1250. The van der Waals surface area contributed by atoms with Crippen molar-refractivity contribution in [2.45, 2.75) is 76.4 Å². The van der Waals surface area contributed by atoms with Gasteiger partial charge in [0.05, 0.1) is 12.6 Å². The first-order chi connectivity index (χ1) is 18.9. The molecule has 6 rings (SSSR count). The lowest BCUT2D eigenvalue weighted by molar-refractivity contribution is -0.288. The zero-order chi connectivity index (χ0) is 28.7. The first kappa shape index (κ1) is 27.9. The average Bonchev–Trinajstić information content (AvgIpc) is 3.37. The van der Waals surface area contributed by atoms with Gasteiger partial charge in [0.2, 0.25) is 0 Å². The van der Waals surface area contributed by atoms with E-state index in [1.54, 1.807) is 12.0 Å². The monoisotopic (exact) mass is 559 g/mol. The highest BCUT2D eigenvalue weighted by Gasteiger charge is 2.83. The number of carbonyl (C=O) groups is 2. The van der Waals surface area contributed by atoms with E-state index in [0.717, 1.165) is 18.6 Å². The van der Waals surface area contributed by atoms with E-state index in [1.165, 1.54) is 18.2 Å². The third-order valence-electron chi connectivity index (χ3n) is 11.6. The summed E-state index contributed by atoms with van der Waals surface area (Å²) < 4.78 is 39.4. The number of rotatable bonds is 6. The standard InChI is InChI=1S/C31H39F2NO6/c1-27-10-9-20(36)13-22(27)23(32)14-24-28(2)15-19-17-34(11-12-39-21-7-5-4-6-8-21)40-31(19,26(38)18-35)29(28,3)16-25(37)30(24,27)33/h5,7-10,13,19,23-25,35,37H,4,6,11-12,14-18H2,1-3H3/t19-,23-,24-,25-,27-,28-,29-,30-,31-/m0/s1. The molecule has 3 saturated carbocycles. The highest BCUT2D eigenvalue weighted by molar-refractivity contribution is 6.01. The Morgan fingerprint density at radius 2 is 2.00 bits per heavy atom. The first-order valence-corrected chi connectivity index (χ1v) is 14.4. The van der Waals surface area contributed by atoms with Crippen molar-refractivity contribution in [3.63, 3.8) is 0 Å². The van der Waals surface area contributed by atoms with Gasteiger partial charge in [0.15, 0.2) is 22.8 Å². The van der Waals surface area contributed by atoms with E-state index in [1.807, 2.05) is 26.0 Å². The molecule has 6 aliphatic rings. The molecule has 0 bridgehead atoms. The third kappa shape index (κ3) is 3.35. The predicted molar refractivity (Wildman–Crippen MR) is 142 cm³/mol. The van der Waals surface area contributed by atoms with Crippen molar-refractivity contribution in [1.82, 2.24) is 5.06 Å². The summed E-state index contributed by atoms with van der Waals surface area (Å²) in [5.74, 6) is -1.46. The van der Waals surface area contributed by atoms with Gasteiger partial charge < -0.3 is 14.9 Å². The van der Waals surface area contributed by atoms with E-state index in [0.29, 0.717) is 26.1 Å². The van der Waals surface area contributed by atoms with E-state index >= 15 is 8.78 Å². The zero-order valence-corrected chi connectivity index (χ0v) is 23.4. The lowest BCUT2D eigenvalue weighted by atomic mass is 9.39. The molecule has 40 heavy (non-hydrogen) atoms. The molecule has 218 valence electrons. The molecule has 2 N–H and O–H groups in total. The summed E-state index contributed by atoms with van der Waals surface area (Å²) in [6.07, 6.45) is 8.68. The lowest BCUT2D eigenvalue weighted by Crippen LogP contribution is -2.73. The molecule has 1 heterocycles. The van der Waals surface area contributed by atoms with Crippen LogP contribution in [0, 0.1) is 28.1 Å². The summed E-state index contributed by atoms with van der Waals surface area (Å²) in [6, 6.07) is 0. The van der Waals surface area contributed by atoms with E-state index < -0.39 is 69.8 Å². The fourth-order valence-electron chi connectivity index (χ4n) is 9.49. The van der Waals surface area contributed by atoms with Gasteiger partial charge in [-0.15, -0.1) is 0 Å². The molecule has 1 aliphatic heterocycles. The van der Waals surface area contributed by atoms with Crippen LogP contribution in [0.1, 0.15) is 52.9 Å².